The number of nitrogens with zero attached hydrogens (tertiary/aromatic N) is 1. The summed E-state index contributed by atoms with van der Waals surface area (Å²) >= 11 is 0. The van der Waals surface area contributed by atoms with Crippen molar-refractivity contribution >= 4 is 16.6 Å². The summed E-state index contributed by atoms with van der Waals surface area (Å²) in [5, 5.41) is 4.81. The molecule has 2 nitrogen and oxygen atoms in total. The number of aromatic nitrogens is 1. The van der Waals surface area contributed by atoms with Gasteiger partial charge in [-0.15, -0.1) is 0 Å². The van der Waals surface area contributed by atoms with Crippen LogP contribution in [0.2, 0.25) is 0 Å². The standard InChI is InChI=1S/C17H24N2/c1-4-5-6-8-13(2)18-16-10-7-9-15-12-11-14(3)19-17(15)16/h7,9-13,18H,4-6,8H2,1-3H3. The smallest absolute Gasteiger partial charge is 0.0936 e. The minimum atomic E-state index is 0.500. The summed E-state index contributed by atoms with van der Waals surface area (Å²) in [6, 6.07) is 11.1. The topological polar surface area (TPSA) is 24.9 Å². The van der Waals surface area contributed by atoms with Crippen LogP contribution in [0.25, 0.3) is 10.9 Å². The monoisotopic (exact) mass is 256 g/mol. The minimum Gasteiger partial charge on any atom is -0.381 e. The number of unbranched alkanes of at least 4 members (excludes halogenated alkanes) is 2. The lowest BCUT2D eigenvalue weighted by molar-refractivity contribution is 0.615. The lowest BCUT2D eigenvalue weighted by Gasteiger charge is -2.16. The van der Waals surface area contributed by atoms with Crippen molar-refractivity contribution in [2.45, 2.75) is 52.5 Å². The normalized spacial score (nSPS) is 12.6. The molecule has 0 spiro atoms. The third kappa shape index (κ3) is 3.69. The number of benzene rings is 1. The molecule has 1 aromatic carbocycles. The fourth-order valence-corrected chi connectivity index (χ4v) is 2.40. The van der Waals surface area contributed by atoms with Crippen molar-refractivity contribution in [3.05, 3.63) is 36.0 Å². The van der Waals surface area contributed by atoms with E-state index in [-0.39, 0.29) is 0 Å². The second kappa shape index (κ2) is 6.55. The van der Waals surface area contributed by atoms with E-state index in [0.29, 0.717) is 6.04 Å². The maximum atomic E-state index is 4.66. The van der Waals surface area contributed by atoms with Gasteiger partial charge in [-0.05, 0) is 32.4 Å². The summed E-state index contributed by atoms with van der Waals surface area (Å²) in [5.41, 5.74) is 3.32. The van der Waals surface area contributed by atoms with Crippen LogP contribution in [0.3, 0.4) is 0 Å². The van der Waals surface area contributed by atoms with E-state index < -0.39 is 0 Å². The summed E-state index contributed by atoms with van der Waals surface area (Å²) in [6.07, 6.45) is 5.11. The molecule has 1 unspecified atom stereocenters. The van der Waals surface area contributed by atoms with Gasteiger partial charge < -0.3 is 5.32 Å². The molecule has 0 fully saturated rings. The molecule has 2 aromatic rings. The first-order chi connectivity index (χ1) is 9.20. The average Bonchev–Trinajstić information content (AvgIpc) is 2.40. The van der Waals surface area contributed by atoms with E-state index in [1.165, 1.54) is 31.1 Å². The van der Waals surface area contributed by atoms with Crippen LogP contribution >= 0.6 is 0 Å². The maximum Gasteiger partial charge on any atom is 0.0936 e. The molecule has 0 saturated carbocycles. The Balaban J connectivity index is 2.13. The van der Waals surface area contributed by atoms with Gasteiger partial charge in [-0.2, -0.15) is 0 Å². The Hall–Kier alpha value is -1.57. The van der Waals surface area contributed by atoms with E-state index in [1.54, 1.807) is 0 Å². The molecule has 1 heterocycles. The molecule has 0 saturated heterocycles. The molecule has 1 N–H and O–H groups in total. The number of nitrogens with one attached hydrogen (secondary N) is 1. The zero-order valence-electron chi connectivity index (χ0n) is 12.2. The highest BCUT2D eigenvalue weighted by Gasteiger charge is 2.06. The second-order valence-electron chi connectivity index (χ2n) is 5.37. The van der Waals surface area contributed by atoms with Crippen molar-refractivity contribution in [3.63, 3.8) is 0 Å². The predicted octanol–water partition coefficient (Wildman–Crippen LogP) is 4.92. The molecule has 0 aliphatic heterocycles. The maximum absolute atomic E-state index is 4.66. The van der Waals surface area contributed by atoms with Crippen LogP contribution < -0.4 is 5.32 Å². The van der Waals surface area contributed by atoms with E-state index >= 15 is 0 Å². The van der Waals surface area contributed by atoms with Crippen molar-refractivity contribution in [1.82, 2.24) is 4.98 Å². The molecule has 0 aliphatic carbocycles. The number of rotatable bonds is 6. The predicted molar refractivity (Wildman–Crippen MR) is 83.7 cm³/mol. The largest absolute Gasteiger partial charge is 0.381 e. The lowest BCUT2D eigenvalue weighted by Crippen LogP contribution is -2.15. The minimum absolute atomic E-state index is 0.500. The molecule has 1 aromatic heterocycles. The first-order valence-electron chi connectivity index (χ1n) is 7.33. The Morgan fingerprint density at radius 3 is 2.79 bits per heavy atom. The van der Waals surface area contributed by atoms with E-state index in [0.717, 1.165) is 16.9 Å². The van der Waals surface area contributed by atoms with Crippen LogP contribution in [0.1, 0.15) is 45.2 Å². The van der Waals surface area contributed by atoms with Crippen molar-refractivity contribution < 1.29 is 0 Å². The van der Waals surface area contributed by atoms with Gasteiger partial charge in [0.2, 0.25) is 0 Å². The number of aryl methyl sites for hydroxylation is 1. The molecule has 2 rings (SSSR count). The van der Waals surface area contributed by atoms with Crippen LogP contribution in [-0.4, -0.2) is 11.0 Å². The highest BCUT2D eigenvalue weighted by molar-refractivity contribution is 5.90. The number of anilines is 1. The molecular weight excluding hydrogens is 232 g/mol. The van der Waals surface area contributed by atoms with Gasteiger partial charge in [-0.3, -0.25) is 4.98 Å². The fourth-order valence-electron chi connectivity index (χ4n) is 2.40. The number of para-hydroxylation sites is 1. The summed E-state index contributed by atoms with van der Waals surface area (Å²) in [7, 11) is 0. The summed E-state index contributed by atoms with van der Waals surface area (Å²) in [5.74, 6) is 0. The summed E-state index contributed by atoms with van der Waals surface area (Å²) in [4.78, 5) is 4.66. The molecule has 0 aliphatic rings. The first kappa shape index (κ1) is 13.9. The van der Waals surface area contributed by atoms with Crippen molar-refractivity contribution in [1.29, 1.82) is 0 Å². The molecule has 0 bridgehead atoms. The quantitative estimate of drug-likeness (QED) is 0.742. The number of fused-ring (bicyclic) bond motifs is 1. The van der Waals surface area contributed by atoms with Crippen LogP contribution in [0.15, 0.2) is 30.3 Å². The van der Waals surface area contributed by atoms with Gasteiger partial charge >= 0.3 is 0 Å². The number of hydrogen-bond acceptors (Lipinski definition) is 2. The van der Waals surface area contributed by atoms with Gasteiger partial charge in [0, 0.05) is 17.1 Å². The Bertz CT molecular complexity index is 534. The van der Waals surface area contributed by atoms with Gasteiger partial charge in [0.1, 0.15) is 0 Å². The number of hydrogen-bond donors (Lipinski definition) is 1. The van der Waals surface area contributed by atoms with Gasteiger partial charge in [0.15, 0.2) is 0 Å². The molecule has 0 amide bonds. The first-order valence-corrected chi connectivity index (χ1v) is 7.33. The molecule has 102 valence electrons. The Morgan fingerprint density at radius 1 is 1.16 bits per heavy atom. The van der Waals surface area contributed by atoms with Crippen LogP contribution in [0, 0.1) is 6.92 Å². The van der Waals surface area contributed by atoms with Gasteiger partial charge in [0.05, 0.1) is 11.2 Å². The van der Waals surface area contributed by atoms with Gasteiger partial charge in [0.25, 0.3) is 0 Å². The molecule has 2 heteroatoms. The molecule has 1 atom stereocenters. The van der Waals surface area contributed by atoms with Crippen molar-refractivity contribution in [3.8, 4) is 0 Å². The fraction of sp³-hybridized carbons (Fsp3) is 0.471. The highest BCUT2D eigenvalue weighted by Crippen LogP contribution is 2.23. The highest BCUT2D eigenvalue weighted by atomic mass is 14.9. The third-order valence-electron chi connectivity index (χ3n) is 3.50. The van der Waals surface area contributed by atoms with Crippen LogP contribution in [-0.2, 0) is 0 Å². The second-order valence-corrected chi connectivity index (χ2v) is 5.37. The molecule has 0 radical (unpaired) electrons. The van der Waals surface area contributed by atoms with E-state index in [2.05, 4.69) is 54.5 Å². The van der Waals surface area contributed by atoms with E-state index in [4.69, 9.17) is 0 Å². The lowest BCUT2D eigenvalue weighted by atomic mass is 10.1. The Kier molecular flexibility index (Phi) is 4.78. The van der Waals surface area contributed by atoms with E-state index in [9.17, 15) is 0 Å². The average molecular weight is 256 g/mol. The third-order valence-corrected chi connectivity index (χ3v) is 3.50. The molecule has 19 heavy (non-hydrogen) atoms. The van der Waals surface area contributed by atoms with Crippen molar-refractivity contribution in [2.24, 2.45) is 0 Å². The van der Waals surface area contributed by atoms with E-state index in [1.807, 2.05) is 6.92 Å². The zero-order chi connectivity index (χ0) is 13.7. The summed E-state index contributed by atoms with van der Waals surface area (Å²) < 4.78 is 0. The van der Waals surface area contributed by atoms with Gasteiger partial charge in [-0.25, -0.2) is 0 Å². The van der Waals surface area contributed by atoms with Gasteiger partial charge in [-0.1, -0.05) is 44.4 Å². The molecular formula is C17H24N2. The zero-order valence-corrected chi connectivity index (χ0v) is 12.2. The Morgan fingerprint density at radius 2 is 2.00 bits per heavy atom. The SMILES string of the molecule is CCCCCC(C)Nc1cccc2ccc(C)nc12. The van der Waals surface area contributed by atoms with Crippen LogP contribution in [0.5, 0.6) is 0 Å². The van der Waals surface area contributed by atoms with Crippen LogP contribution in [0.4, 0.5) is 5.69 Å². The Labute approximate surface area is 116 Å². The summed E-state index contributed by atoms with van der Waals surface area (Å²) in [6.45, 7) is 6.54. The van der Waals surface area contributed by atoms with Crippen molar-refractivity contribution in [2.75, 3.05) is 5.32 Å². The number of pyridine rings is 1.